The highest BCUT2D eigenvalue weighted by atomic mass is 35.5. The van der Waals surface area contributed by atoms with Crippen LogP contribution in [0.2, 0.25) is 5.02 Å². The zero-order valence-electron chi connectivity index (χ0n) is 9.44. The number of nitrogens with two attached hydrogens (primary N) is 1. The number of rotatable bonds is 3. The third-order valence-electron chi connectivity index (χ3n) is 2.35. The predicted octanol–water partition coefficient (Wildman–Crippen LogP) is 2.63. The Morgan fingerprint density at radius 2 is 2.18 bits per heavy atom. The van der Waals surface area contributed by atoms with E-state index in [1.54, 1.807) is 12.3 Å². The van der Waals surface area contributed by atoms with Crippen molar-refractivity contribution in [2.75, 3.05) is 11.1 Å². The quantitative estimate of drug-likeness (QED) is 0.877. The van der Waals surface area contributed by atoms with Crippen LogP contribution in [0.25, 0.3) is 0 Å². The van der Waals surface area contributed by atoms with Crippen molar-refractivity contribution >= 4 is 23.1 Å². The molecule has 5 heteroatoms. The number of hydrogen-bond acceptors (Lipinski definition) is 4. The van der Waals surface area contributed by atoms with E-state index in [1.807, 2.05) is 25.1 Å². The first-order valence-electron chi connectivity index (χ1n) is 5.22. The summed E-state index contributed by atoms with van der Waals surface area (Å²) in [5.41, 5.74) is 7.68. The highest BCUT2D eigenvalue weighted by Gasteiger charge is 2.01. The van der Waals surface area contributed by atoms with Gasteiger partial charge in [0.1, 0.15) is 11.6 Å². The van der Waals surface area contributed by atoms with Crippen LogP contribution in [-0.2, 0) is 6.54 Å². The number of benzene rings is 1. The number of nitrogens with zero attached hydrogens (tertiary/aromatic N) is 2. The Hall–Kier alpha value is -1.81. The highest BCUT2D eigenvalue weighted by molar-refractivity contribution is 6.30. The van der Waals surface area contributed by atoms with Crippen LogP contribution >= 0.6 is 11.6 Å². The molecule has 2 rings (SSSR count). The molecule has 1 aromatic carbocycles. The first kappa shape index (κ1) is 11.7. The molecule has 0 radical (unpaired) electrons. The maximum absolute atomic E-state index is 5.89. The maximum Gasteiger partial charge on any atom is 0.149 e. The lowest BCUT2D eigenvalue weighted by molar-refractivity contribution is 0.952. The second-order valence-electron chi connectivity index (χ2n) is 3.71. The summed E-state index contributed by atoms with van der Waals surface area (Å²) >= 11 is 5.89. The largest absolute Gasteiger partial charge is 0.384 e. The van der Waals surface area contributed by atoms with Crippen LogP contribution in [0.4, 0.5) is 11.5 Å². The third-order valence-corrected chi connectivity index (χ3v) is 2.59. The first-order valence-corrected chi connectivity index (χ1v) is 5.60. The molecule has 0 atom stereocenters. The summed E-state index contributed by atoms with van der Waals surface area (Å²) in [5.74, 6) is 1.14. The summed E-state index contributed by atoms with van der Waals surface area (Å²) < 4.78 is 0. The molecule has 0 aliphatic carbocycles. The molecule has 0 saturated heterocycles. The summed E-state index contributed by atoms with van der Waals surface area (Å²) in [4.78, 5) is 8.24. The van der Waals surface area contributed by atoms with Crippen molar-refractivity contribution in [1.82, 2.24) is 9.97 Å². The van der Waals surface area contributed by atoms with E-state index in [9.17, 15) is 0 Å². The molecular weight excluding hydrogens is 236 g/mol. The Morgan fingerprint density at radius 3 is 2.88 bits per heavy atom. The van der Waals surface area contributed by atoms with Crippen molar-refractivity contribution in [3.63, 3.8) is 0 Å². The Bertz CT molecular complexity index is 528. The van der Waals surface area contributed by atoms with Crippen molar-refractivity contribution in [2.24, 2.45) is 0 Å². The molecule has 0 unspecified atom stereocenters. The van der Waals surface area contributed by atoms with Gasteiger partial charge in [-0.25, -0.2) is 9.97 Å². The normalized spacial score (nSPS) is 10.2. The Labute approximate surface area is 105 Å². The Balaban J connectivity index is 2.07. The van der Waals surface area contributed by atoms with Crippen molar-refractivity contribution in [1.29, 1.82) is 0 Å². The number of aromatic nitrogens is 2. The number of anilines is 2. The molecule has 0 spiro atoms. The summed E-state index contributed by atoms with van der Waals surface area (Å²) in [7, 11) is 0. The summed E-state index contributed by atoms with van der Waals surface area (Å²) in [5, 5.41) is 3.97. The topological polar surface area (TPSA) is 63.8 Å². The maximum atomic E-state index is 5.89. The van der Waals surface area contributed by atoms with Crippen LogP contribution in [0.5, 0.6) is 0 Å². The fraction of sp³-hybridized carbons (Fsp3) is 0.167. The molecule has 0 fully saturated rings. The van der Waals surface area contributed by atoms with Gasteiger partial charge in [-0.3, -0.25) is 0 Å². The second kappa shape index (κ2) is 5.01. The smallest absolute Gasteiger partial charge is 0.149 e. The molecule has 4 nitrogen and oxygen atoms in total. The molecule has 88 valence electrons. The average molecular weight is 249 g/mol. The second-order valence-corrected chi connectivity index (χ2v) is 4.15. The zero-order valence-corrected chi connectivity index (χ0v) is 10.2. The van der Waals surface area contributed by atoms with E-state index in [4.69, 9.17) is 17.3 Å². The van der Waals surface area contributed by atoms with Gasteiger partial charge in [0.2, 0.25) is 0 Å². The number of hydrogen-bond donors (Lipinski definition) is 2. The first-order chi connectivity index (χ1) is 8.15. The minimum atomic E-state index is 0.477. The molecule has 3 N–H and O–H groups in total. The molecule has 0 bridgehead atoms. The molecule has 1 heterocycles. The monoisotopic (exact) mass is 248 g/mol. The van der Waals surface area contributed by atoms with Gasteiger partial charge in [0.05, 0.1) is 6.54 Å². The Kier molecular flexibility index (Phi) is 3.44. The van der Waals surface area contributed by atoms with Gasteiger partial charge in [-0.05, 0) is 36.8 Å². The summed E-state index contributed by atoms with van der Waals surface area (Å²) in [6.07, 6.45) is 1.65. The third kappa shape index (κ3) is 3.07. The van der Waals surface area contributed by atoms with Crippen molar-refractivity contribution in [3.05, 3.63) is 46.9 Å². The Morgan fingerprint density at radius 1 is 1.35 bits per heavy atom. The number of halogens is 1. The van der Waals surface area contributed by atoms with E-state index in [0.717, 1.165) is 16.3 Å². The van der Waals surface area contributed by atoms with E-state index >= 15 is 0 Å². The van der Waals surface area contributed by atoms with E-state index in [-0.39, 0.29) is 0 Å². The van der Waals surface area contributed by atoms with E-state index in [0.29, 0.717) is 18.2 Å². The van der Waals surface area contributed by atoms with Crippen molar-refractivity contribution in [2.45, 2.75) is 13.5 Å². The van der Waals surface area contributed by atoms with Gasteiger partial charge in [0, 0.05) is 16.9 Å². The minimum Gasteiger partial charge on any atom is -0.384 e. The van der Waals surface area contributed by atoms with Gasteiger partial charge in [0.15, 0.2) is 0 Å². The number of aryl methyl sites for hydroxylation is 1. The lowest BCUT2D eigenvalue weighted by Gasteiger charge is -2.09. The van der Waals surface area contributed by atoms with Gasteiger partial charge in [-0.15, -0.1) is 0 Å². The lowest BCUT2D eigenvalue weighted by atomic mass is 10.2. The van der Waals surface area contributed by atoms with Crippen molar-refractivity contribution in [3.8, 4) is 0 Å². The molecule has 0 amide bonds. The molecule has 1 aromatic heterocycles. The van der Waals surface area contributed by atoms with E-state index in [1.165, 1.54) is 0 Å². The van der Waals surface area contributed by atoms with Crippen LogP contribution in [0, 0.1) is 6.92 Å². The standard InChI is InChI=1S/C12H13ClN4/c1-8-6-9(13)2-3-10(8)16-7-12-15-5-4-11(14)17-12/h2-6,16H,7H2,1H3,(H2,14,15,17). The molecular formula is C12H13ClN4. The van der Waals surface area contributed by atoms with Gasteiger partial charge in [0.25, 0.3) is 0 Å². The van der Waals surface area contributed by atoms with Crippen LogP contribution in [0.15, 0.2) is 30.5 Å². The van der Waals surface area contributed by atoms with E-state index < -0.39 is 0 Å². The molecule has 2 aromatic rings. The molecule has 0 aliphatic rings. The number of nitrogens with one attached hydrogen (secondary N) is 1. The van der Waals surface area contributed by atoms with E-state index in [2.05, 4.69) is 15.3 Å². The van der Waals surface area contributed by atoms with Crippen molar-refractivity contribution < 1.29 is 0 Å². The predicted molar refractivity (Wildman–Crippen MR) is 70.0 cm³/mol. The van der Waals surface area contributed by atoms with Crippen LogP contribution in [0.3, 0.4) is 0 Å². The average Bonchev–Trinajstić information content (AvgIpc) is 2.28. The molecule has 17 heavy (non-hydrogen) atoms. The highest BCUT2D eigenvalue weighted by Crippen LogP contribution is 2.19. The van der Waals surface area contributed by atoms with Crippen LogP contribution < -0.4 is 11.1 Å². The van der Waals surface area contributed by atoms with Crippen LogP contribution in [-0.4, -0.2) is 9.97 Å². The SMILES string of the molecule is Cc1cc(Cl)ccc1NCc1nccc(N)n1. The summed E-state index contributed by atoms with van der Waals surface area (Å²) in [6, 6.07) is 7.35. The minimum absolute atomic E-state index is 0.477. The number of nitrogen functional groups attached to an aromatic ring is 1. The molecule has 0 aliphatic heterocycles. The van der Waals surface area contributed by atoms with Gasteiger partial charge < -0.3 is 11.1 Å². The van der Waals surface area contributed by atoms with Gasteiger partial charge in [-0.1, -0.05) is 11.6 Å². The van der Waals surface area contributed by atoms with Crippen LogP contribution in [0.1, 0.15) is 11.4 Å². The summed E-state index contributed by atoms with van der Waals surface area (Å²) in [6.45, 7) is 2.53. The lowest BCUT2D eigenvalue weighted by Crippen LogP contribution is -2.06. The molecule has 0 saturated carbocycles. The fourth-order valence-electron chi connectivity index (χ4n) is 1.50. The fourth-order valence-corrected chi connectivity index (χ4v) is 1.73. The zero-order chi connectivity index (χ0) is 12.3. The van der Waals surface area contributed by atoms with Gasteiger partial charge >= 0.3 is 0 Å². The van der Waals surface area contributed by atoms with Gasteiger partial charge in [-0.2, -0.15) is 0 Å².